The van der Waals surface area contributed by atoms with Crippen molar-refractivity contribution >= 4 is 5.91 Å². The molecule has 18 heavy (non-hydrogen) atoms. The van der Waals surface area contributed by atoms with Crippen molar-refractivity contribution in [1.82, 2.24) is 9.80 Å². The highest BCUT2D eigenvalue weighted by atomic mass is 16.5. The largest absolute Gasteiger partial charge is 0.378 e. The van der Waals surface area contributed by atoms with Gasteiger partial charge in [0.2, 0.25) is 5.91 Å². The first-order chi connectivity index (χ1) is 8.62. The molecule has 0 aromatic heterocycles. The van der Waals surface area contributed by atoms with Crippen LogP contribution < -0.4 is 0 Å². The lowest BCUT2D eigenvalue weighted by atomic mass is 9.57. The second kappa shape index (κ2) is 5.17. The van der Waals surface area contributed by atoms with Crippen molar-refractivity contribution in [2.45, 2.75) is 32.8 Å². The van der Waals surface area contributed by atoms with E-state index >= 15 is 0 Å². The monoisotopic (exact) mass is 254 g/mol. The van der Waals surface area contributed by atoms with Gasteiger partial charge < -0.3 is 14.5 Å². The molecule has 1 aliphatic carbocycles. The minimum atomic E-state index is 0.285. The number of hydrogen-bond donors (Lipinski definition) is 0. The predicted molar refractivity (Wildman–Crippen MR) is 71.4 cm³/mol. The van der Waals surface area contributed by atoms with Gasteiger partial charge in [0.25, 0.3) is 0 Å². The van der Waals surface area contributed by atoms with Gasteiger partial charge in [-0.25, -0.2) is 0 Å². The van der Waals surface area contributed by atoms with Crippen molar-refractivity contribution in [3.63, 3.8) is 0 Å². The SMILES string of the molecule is CC.COC1CN(C(=O)C2CC3(C2)CN(C)C3)C1. The quantitative estimate of drug-likeness (QED) is 0.742. The molecule has 2 saturated heterocycles. The van der Waals surface area contributed by atoms with Crippen molar-refractivity contribution < 1.29 is 9.53 Å². The maximum atomic E-state index is 12.0. The van der Waals surface area contributed by atoms with Crippen LogP contribution in [0.3, 0.4) is 0 Å². The summed E-state index contributed by atoms with van der Waals surface area (Å²) >= 11 is 0. The Morgan fingerprint density at radius 1 is 1.22 bits per heavy atom. The highest BCUT2D eigenvalue weighted by Crippen LogP contribution is 2.52. The molecule has 2 heterocycles. The molecular formula is C14H26N2O2. The Hall–Kier alpha value is -0.610. The van der Waals surface area contributed by atoms with E-state index in [0.717, 1.165) is 25.9 Å². The highest BCUT2D eigenvalue weighted by molar-refractivity contribution is 5.81. The molecule has 0 aromatic carbocycles. The fourth-order valence-electron chi connectivity index (χ4n) is 3.54. The summed E-state index contributed by atoms with van der Waals surface area (Å²) in [6, 6.07) is 0. The summed E-state index contributed by atoms with van der Waals surface area (Å²) in [5.41, 5.74) is 0.514. The molecule has 2 aliphatic heterocycles. The first-order valence-electron chi connectivity index (χ1n) is 7.12. The Bertz CT molecular complexity index is 299. The van der Waals surface area contributed by atoms with Crippen molar-refractivity contribution in [1.29, 1.82) is 0 Å². The molecule has 3 fully saturated rings. The van der Waals surface area contributed by atoms with Crippen LogP contribution in [0.5, 0.6) is 0 Å². The average molecular weight is 254 g/mol. The lowest BCUT2D eigenvalue weighted by molar-refractivity contribution is -0.163. The lowest BCUT2D eigenvalue weighted by Gasteiger charge is -2.58. The van der Waals surface area contributed by atoms with Gasteiger partial charge in [0, 0.05) is 39.2 Å². The average Bonchev–Trinajstić information content (AvgIpc) is 2.22. The minimum Gasteiger partial charge on any atom is -0.378 e. The summed E-state index contributed by atoms with van der Waals surface area (Å²) in [6.07, 6.45) is 2.52. The van der Waals surface area contributed by atoms with Crippen LogP contribution in [-0.2, 0) is 9.53 Å². The minimum absolute atomic E-state index is 0.285. The van der Waals surface area contributed by atoms with Crippen LogP contribution in [-0.4, -0.2) is 62.1 Å². The number of carbonyl (C=O) groups excluding carboxylic acids is 1. The van der Waals surface area contributed by atoms with Crippen molar-refractivity contribution in [3.05, 3.63) is 0 Å². The molecule has 1 amide bonds. The topological polar surface area (TPSA) is 32.8 Å². The first-order valence-corrected chi connectivity index (χ1v) is 7.12. The molecular weight excluding hydrogens is 228 g/mol. The van der Waals surface area contributed by atoms with Crippen molar-refractivity contribution in [2.75, 3.05) is 40.3 Å². The van der Waals surface area contributed by atoms with Crippen LogP contribution in [0, 0.1) is 11.3 Å². The molecule has 3 rings (SSSR count). The predicted octanol–water partition coefficient (Wildman–Crippen LogP) is 1.21. The van der Waals surface area contributed by atoms with Crippen LogP contribution in [0.4, 0.5) is 0 Å². The Kier molecular flexibility index (Phi) is 3.97. The van der Waals surface area contributed by atoms with Gasteiger partial charge in [0.1, 0.15) is 0 Å². The third-order valence-corrected chi connectivity index (χ3v) is 4.41. The smallest absolute Gasteiger partial charge is 0.225 e. The number of likely N-dealkylation sites (tertiary alicyclic amines) is 2. The molecule has 1 spiro atoms. The van der Waals surface area contributed by atoms with Crippen LogP contribution in [0.25, 0.3) is 0 Å². The van der Waals surface area contributed by atoms with Gasteiger partial charge >= 0.3 is 0 Å². The number of carbonyl (C=O) groups is 1. The normalized spacial score (nSPS) is 26.8. The fraction of sp³-hybridized carbons (Fsp3) is 0.929. The third kappa shape index (κ3) is 2.28. The molecule has 104 valence electrons. The van der Waals surface area contributed by atoms with Gasteiger partial charge in [0.05, 0.1) is 6.10 Å². The van der Waals surface area contributed by atoms with E-state index in [1.807, 2.05) is 18.7 Å². The summed E-state index contributed by atoms with van der Waals surface area (Å²) in [5.74, 6) is 0.681. The van der Waals surface area contributed by atoms with Gasteiger partial charge in [-0.15, -0.1) is 0 Å². The number of ether oxygens (including phenoxy) is 1. The van der Waals surface area contributed by atoms with E-state index in [1.54, 1.807) is 7.11 Å². The van der Waals surface area contributed by atoms with Crippen molar-refractivity contribution in [3.8, 4) is 0 Å². The van der Waals surface area contributed by atoms with Crippen molar-refractivity contribution in [2.24, 2.45) is 11.3 Å². The molecule has 0 atom stereocenters. The molecule has 4 heteroatoms. The Morgan fingerprint density at radius 3 is 2.22 bits per heavy atom. The number of nitrogens with zero attached hydrogens (tertiary/aromatic N) is 2. The molecule has 4 nitrogen and oxygen atoms in total. The zero-order valence-electron chi connectivity index (χ0n) is 12.1. The lowest BCUT2D eigenvalue weighted by Crippen LogP contribution is -2.65. The summed E-state index contributed by atoms with van der Waals surface area (Å²) in [6.45, 7) is 7.99. The van der Waals surface area contributed by atoms with Gasteiger partial charge in [-0.05, 0) is 25.3 Å². The van der Waals surface area contributed by atoms with E-state index < -0.39 is 0 Å². The zero-order valence-corrected chi connectivity index (χ0v) is 12.1. The van der Waals surface area contributed by atoms with E-state index in [-0.39, 0.29) is 6.10 Å². The third-order valence-electron chi connectivity index (χ3n) is 4.41. The molecule has 1 saturated carbocycles. The molecule has 0 N–H and O–H groups in total. The Labute approximate surface area is 110 Å². The molecule has 0 unspecified atom stereocenters. The first kappa shape index (κ1) is 13.8. The Balaban J connectivity index is 0.000000574. The second-order valence-corrected chi connectivity index (χ2v) is 5.88. The maximum Gasteiger partial charge on any atom is 0.225 e. The van der Waals surface area contributed by atoms with Gasteiger partial charge in [-0.3, -0.25) is 4.79 Å². The summed E-state index contributed by atoms with van der Waals surface area (Å²) in [7, 11) is 3.87. The van der Waals surface area contributed by atoms with Gasteiger partial charge in [0.15, 0.2) is 0 Å². The second-order valence-electron chi connectivity index (χ2n) is 5.88. The number of amides is 1. The van der Waals surface area contributed by atoms with Crippen LogP contribution in [0.15, 0.2) is 0 Å². The van der Waals surface area contributed by atoms with E-state index in [2.05, 4.69) is 11.9 Å². The molecule has 3 aliphatic rings. The maximum absolute atomic E-state index is 12.0. The Morgan fingerprint density at radius 2 is 1.78 bits per heavy atom. The van der Waals surface area contributed by atoms with Gasteiger partial charge in [-0.1, -0.05) is 13.8 Å². The standard InChI is InChI=1S/C12H20N2O2.C2H6/c1-13-7-12(8-13)3-9(4-12)11(15)14-5-10(6-14)16-2;1-2/h9-10H,3-8H2,1-2H3;1-2H3. The summed E-state index contributed by atoms with van der Waals surface area (Å²) < 4.78 is 5.18. The molecule has 0 aromatic rings. The molecule has 0 bridgehead atoms. The fourth-order valence-corrected chi connectivity index (χ4v) is 3.54. The van der Waals surface area contributed by atoms with Crippen LogP contribution >= 0.6 is 0 Å². The number of hydrogen-bond acceptors (Lipinski definition) is 3. The summed E-state index contributed by atoms with van der Waals surface area (Å²) in [5, 5.41) is 0. The highest BCUT2D eigenvalue weighted by Gasteiger charge is 2.54. The van der Waals surface area contributed by atoms with E-state index in [4.69, 9.17) is 4.74 Å². The molecule has 0 radical (unpaired) electrons. The number of rotatable bonds is 2. The zero-order chi connectivity index (χ0) is 13.3. The van der Waals surface area contributed by atoms with E-state index in [9.17, 15) is 4.79 Å². The van der Waals surface area contributed by atoms with Crippen LogP contribution in [0.1, 0.15) is 26.7 Å². The summed E-state index contributed by atoms with van der Waals surface area (Å²) in [4.78, 5) is 16.3. The van der Waals surface area contributed by atoms with Gasteiger partial charge in [-0.2, -0.15) is 0 Å². The van der Waals surface area contributed by atoms with E-state index in [1.165, 1.54) is 13.1 Å². The van der Waals surface area contributed by atoms with Crippen LogP contribution in [0.2, 0.25) is 0 Å². The number of methoxy groups -OCH3 is 1. The van der Waals surface area contributed by atoms with E-state index in [0.29, 0.717) is 17.2 Å².